The number of hydrogen-bond acceptors (Lipinski definition) is 7. The predicted octanol–water partition coefficient (Wildman–Crippen LogP) is 2.51. The summed E-state index contributed by atoms with van der Waals surface area (Å²) in [6.45, 7) is 0.368. The zero-order valence-electron chi connectivity index (χ0n) is 15.9. The molecule has 0 bridgehead atoms. The Bertz CT molecular complexity index is 1110. The zero-order valence-corrected chi connectivity index (χ0v) is 17.5. The molecule has 30 heavy (non-hydrogen) atoms. The average Bonchev–Trinajstić information content (AvgIpc) is 3.28. The number of rotatable bonds is 5. The normalized spacial score (nSPS) is 20.9. The molecule has 1 saturated heterocycles. The lowest BCUT2D eigenvalue weighted by atomic mass is 10.0. The van der Waals surface area contributed by atoms with Crippen molar-refractivity contribution >= 4 is 39.0 Å². The molecule has 2 aliphatic heterocycles. The largest absolute Gasteiger partial charge is 0.442 e. The third-order valence-corrected chi connectivity index (χ3v) is 7.02. The number of carbonyl (C=O) groups is 1. The number of halogens is 2. The molecule has 12 heteroatoms. The van der Waals surface area contributed by atoms with E-state index in [-0.39, 0.29) is 42.3 Å². The van der Waals surface area contributed by atoms with Crippen LogP contribution in [0.3, 0.4) is 0 Å². The predicted molar refractivity (Wildman–Crippen MR) is 107 cm³/mol. The molecule has 4 rings (SSSR count). The molecule has 0 radical (unpaired) electrons. The molecule has 8 nitrogen and oxygen atoms in total. The number of anilines is 1. The number of benzene rings is 1. The molecule has 0 saturated carbocycles. The highest BCUT2D eigenvalue weighted by Crippen LogP contribution is 2.32. The van der Waals surface area contributed by atoms with E-state index < -0.39 is 33.7 Å². The molecular formula is C18H18F2N4O4S2. The lowest BCUT2D eigenvalue weighted by Crippen LogP contribution is -2.26. The summed E-state index contributed by atoms with van der Waals surface area (Å²) >= 11 is 1.43. The molecule has 1 amide bonds. The highest BCUT2D eigenvalue weighted by atomic mass is 32.2. The van der Waals surface area contributed by atoms with Gasteiger partial charge < -0.3 is 4.74 Å². The van der Waals surface area contributed by atoms with E-state index in [0.29, 0.717) is 5.57 Å². The summed E-state index contributed by atoms with van der Waals surface area (Å²) in [4.78, 5) is 13.4. The summed E-state index contributed by atoms with van der Waals surface area (Å²) in [7, 11) is -3.21. The molecule has 1 aromatic carbocycles. The van der Waals surface area contributed by atoms with Crippen LogP contribution in [-0.4, -0.2) is 59.9 Å². The van der Waals surface area contributed by atoms with Crippen LogP contribution >= 0.6 is 11.8 Å². The molecule has 0 spiro atoms. The maximum absolute atomic E-state index is 14.7. The Morgan fingerprint density at radius 1 is 1.30 bits per heavy atom. The van der Waals surface area contributed by atoms with Gasteiger partial charge in [-0.05, 0) is 30.4 Å². The number of aromatic nitrogens is 3. The van der Waals surface area contributed by atoms with Crippen molar-refractivity contribution in [1.82, 2.24) is 15.0 Å². The first-order valence-corrected chi connectivity index (χ1v) is 12.1. The van der Waals surface area contributed by atoms with E-state index >= 15 is 0 Å². The van der Waals surface area contributed by atoms with Crippen LogP contribution in [0, 0.1) is 11.6 Å². The maximum atomic E-state index is 14.7. The van der Waals surface area contributed by atoms with Crippen LogP contribution in [0.4, 0.5) is 19.3 Å². The van der Waals surface area contributed by atoms with Gasteiger partial charge in [0.1, 0.15) is 22.8 Å². The van der Waals surface area contributed by atoms with Crippen molar-refractivity contribution < 1.29 is 26.7 Å². The van der Waals surface area contributed by atoms with Crippen molar-refractivity contribution in [3.63, 3.8) is 0 Å². The van der Waals surface area contributed by atoms with Gasteiger partial charge in [0.05, 0.1) is 36.5 Å². The first kappa shape index (κ1) is 20.8. The van der Waals surface area contributed by atoms with Gasteiger partial charge in [-0.15, -0.1) is 16.9 Å². The monoisotopic (exact) mass is 456 g/mol. The summed E-state index contributed by atoms with van der Waals surface area (Å²) in [6, 6.07) is 2.13. The third-order valence-electron chi connectivity index (χ3n) is 4.92. The molecule has 0 N–H and O–H groups in total. The van der Waals surface area contributed by atoms with Gasteiger partial charge in [0.25, 0.3) is 0 Å². The minimum Gasteiger partial charge on any atom is -0.442 e. The van der Waals surface area contributed by atoms with Crippen LogP contribution in [-0.2, 0) is 21.1 Å². The minimum absolute atomic E-state index is 0.0358. The van der Waals surface area contributed by atoms with Gasteiger partial charge in [-0.2, -0.15) is 0 Å². The van der Waals surface area contributed by atoms with E-state index in [1.54, 1.807) is 10.9 Å². The zero-order chi connectivity index (χ0) is 21.5. The smallest absolute Gasteiger partial charge is 0.414 e. The number of thioether (sulfide) groups is 1. The summed E-state index contributed by atoms with van der Waals surface area (Å²) in [5, 5.41) is 8.60. The van der Waals surface area contributed by atoms with Crippen LogP contribution in [0.2, 0.25) is 0 Å². The molecule has 0 aliphatic carbocycles. The second-order valence-electron chi connectivity index (χ2n) is 6.98. The number of cyclic esters (lactones) is 1. The van der Waals surface area contributed by atoms with Gasteiger partial charge in [0.2, 0.25) is 0 Å². The summed E-state index contributed by atoms with van der Waals surface area (Å²) in [6.07, 6.45) is 3.69. The fraction of sp³-hybridized carbons (Fsp3) is 0.389. The van der Waals surface area contributed by atoms with Crippen LogP contribution in [0.5, 0.6) is 0 Å². The standard InChI is InChI=1S/C18H18F2N4O4S2/c1-29-16-10-23(22-21-16)8-13-9-24(18(25)28-13)12-6-14(19)17(15(20)7-12)11-2-4-30(26,27)5-3-11/h2,6-7,10,13H,3-5,8-9H2,1H3. The highest BCUT2D eigenvalue weighted by molar-refractivity contribution is 7.98. The van der Waals surface area contributed by atoms with Crippen molar-refractivity contribution in [2.45, 2.75) is 24.1 Å². The fourth-order valence-corrected chi connectivity index (χ4v) is 4.93. The van der Waals surface area contributed by atoms with E-state index in [9.17, 15) is 22.0 Å². The Morgan fingerprint density at radius 3 is 2.63 bits per heavy atom. The Morgan fingerprint density at radius 2 is 2.03 bits per heavy atom. The van der Waals surface area contributed by atoms with Gasteiger partial charge in [0, 0.05) is 5.56 Å². The number of nitrogens with zero attached hydrogens (tertiary/aromatic N) is 4. The molecule has 2 aliphatic rings. The fourth-order valence-electron chi connectivity index (χ4n) is 3.43. The first-order chi connectivity index (χ1) is 14.3. The molecule has 1 unspecified atom stereocenters. The Labute approximate surface area is 175 Å². The lowest BCUT2D eigenvalue weighted by Gasteiger charge is -2.18. The molecule has 2 aromatic rings. The van der Waals surface area contributed by atoms with E-state index in [1.807, 2.05) is 6.26 Å². The molecule has 1 aromatic heterocycles. The summed E-state index contributed by atoms with van der Waals surface area (Å²) in [5.41, 5.74) is 0.0858. The van der Waals surface area contributed by atoms with E-state index in [0.717, 1.165) is 22.1 Å². The van der Waals surface area contributed by atoms with Crippen LogP contribution in [0.15, 0.2) is 29.4 Å². The van der Waals surface area contributed by atoms with Gasteiger partial charge in [-0.3, -0.25) is 4.90 Å². The third kappa shape index (κ3) is 4.19. The van der Waals surface area contributed by atoms with Gasteiger partial charge in [0.15, 0.2) is 9.84 Å². The number of sulfone groups is 1. The number of carbonyl (C=O) groups excluding carboxylic acids is 1. The maximum Gasteiger partial charge on any atom is 0.414 e. The van der Waals surface area contributed by atoms with E-state index in [2.05, 4.69) is 10.3 Å². The number of allylic oxidation sites excluding steroid dienone is 1. The Hall–Kier alpha value is -2.47. The lowest BCUT2D eigenvalue weighted by molar-refractivity contribution is 0.129. The number of ether oxygens (including phenoxy) is 1. The van der Waals surface area contributed by atoms with Crippen LogP contribution in [0.1, 0.15) is 12.0 Å². The van der Waals surface area contributed by atoms with Crippen LogP contribution in [0.25, 0.3) is 5.57 Å². The van der Waals surface area contributed by atoms with Crippen molar-refractivity contribution in [1.29, 1.82) is 0 Å². The van der Waals surface area contributed by atoms with Crippen LogP contribution < -0.4 is 4.90 Å². The quantitative estimate of drug-likeness (QED) is 0.638. The number of hydrogen-bond donors (Lipinski definition) is 0. The van der Waals surface area contributed by atoms with Crippen molar-refractivity contribution in [2.75, 3.05) is 29.2 Å². The van der Waals surface area contributed by atoms with Crippen molar-refractivity contribution in [2.24, 2.45) is 0 Å². The molecule has 1 atom stereocenters. The highest BCUT2D eigenvalue weighted by Gasteiger charge is 2.34. The first-order valence-electron chi connectivity index (χ1n) is 9.07. The SMILES string of the molecule is CSc1cn(CC2CN(c3cc(F)c(C4=CCS(=O)(=O)CC4)c(F)c3)C(=O)O2)nn1. The van der Waals surface area contributed by atoms with Gasteiger partial charge >= 0.3 is 6.09 Å². The van der Waals surface area contributed by atoms with Crippen molar-refractivity contribution in [3.05, 3.63) is 41.6 Å². The topological polar surface area (TPSA) is 94.4 Å². The van der Waals surface area contributed by atoms with Gasteiger partial charge in [-0.1, -0.05) is 11.3 Å². The average molecular weight is 456 g/mol. The second kappa shape index (κ2) is 7.99. The Balaban J connectivity index is 1.53. The molecule has 3 heterocycles. The minimum atomic E-state index is -3.21. The second-order valence-corrected chi connectivity index (χ2v) is 10.0. The van der Waals surface area contributed by atoms with Crippen molar-refractivity contribution in [3.8, 4) is 0 Å². The van der Waals surface area contributed by atoms with Gasteiger partial charge in [-0.25, -0.2) is 26.7 Å². The number of amides is 1. The molecule has 160 valence electrons. The molecular weight excluding hydrogens is 438 g/mol. The van der Waals surface area contributed by atoms with E-state index in [1.165, 1.54) is 17.8 Å². The molecule has 1 fully saturated rings. The summed E-state index contributed by atoms with van der Waals surface area (Å²) < 4.78 is 59.4. The Kier molecular flexibility index (Phi) is 5.53. The summed E-state index contributed by atoms with van der Waals surface area (Å²) in [5.74, 6) is -2.11. The van der Waals surface area contributed by atoms with E-state index in [4.69, 9.17) is 4.74 Å².